The van der Waals surface area contributed by atoms with E-state index in [1.54, 1.807) is 12.1 Å². The molecule has 0 saturated heterocycles. The monoisotopic (exact) mass is 570 g/mol. The van der Waals surface area contributed by atoms with E-state index in [2.05, 4.69) is 26.5 Å². The standard InChI is InChI=1S/C17H11BrF3IN2O4/c18-13-6-12(22)5-10(15(13)28-8-14(25)26)7-23-24-16(27)9-2-1-3-11(4-9)17(19,20)21/h1-7H,8H2,(H,24,27)(H,25,26)/b23-7-. The number of hydrogen-bond acceptors (Lipinski definition) is 4. The van der Waals surface area contributed by atoms with Crippen molar-refractivity contribution in [1.82, 2.24) is 5.43 Å². The smallest absolute Gasteiger partial charge is 0.416 e. The number of carbonyl (C=O) groups is 2. The number of carboxylic acids is 1. The van der Waals surface area contributed by atoms with E-state index in [4.69, 9.17) is 9.84 Å². The summed E-state index contributed by atoms with van der Waals surface area (Å²) >= 11 is 5.27. The summed E-state index contributed by atoms with van der Waals surface area (Å²) < 4.78 is 44.7. The predicted molar refractivity (Wildman–Crippen MR) is 106 cm³/mol. The Kier molecular flexibility index (Phi) is 7.41. The number of nitrogens with zero attached hydrogens (tertiary/aromatic N) is 1. The lowest BCUT2D eigenvalue weighted by Gasteiger charge is -2.10. The van der Waals surface area contributed by atoms with Gasteiger partial charge in [0.15, 0.2) is 6.61 Å². The Labute approximate surface area is 179 Å². The third-order valence-electron chi connectivity index (χ3n) is 3.20. The van der Waals surface area contributed by atoms with Crippen LogP contribution < -0.4 is 10.2 Å². The average molecular weight is 571 g/mol. The molecule has 0 heterocycles. The third kappa shape index (κ3) is 6.19. The Bertz CT molecular complexity index is 935. The molecule has 0 spiro atoms. The summed E-state index contributed by atoms with van der Waals surface area (Å²) in [5, 5.41) is 12.5. The Morgan fingerprint density at radius 1 is 1.29 bits per heavy atom. The zero-order valence-corrected chi connectivity index (χ0v) is 17.5. The van der Waals surface area contributed by atoms with Crippen LogP contribution in [0.3, 0.4) is 0 Å². The Hall–Kier alpha value is -2.15. The van der Waals surface area contributed by atoms with Gasteiger partial charge in [0, 0.05) is 14.7 Å². The fraction of sp³-hybridized carbons (Fsp3) is 0.118. The van der Waals surface area contributed by atoms with Crippen molar-refractivity contribution >= 4 is 56.6 Å². The molecule has 0 aliphatic heterocycles. The molecule has 2 rings (SSSR count). The van der Waals surface area contributed by atoms with Crippen molar-refractivity contribution in [3.8, 4) is 5.75 Å². The number of carboxylic acid groups (broad SMARTS) is 1. The lowest BCUT2D eigenvalue weighted by molar-refractivity contribution is -0.139. The topological polar surface area (TPSA) is 88.0 Å². The van der Waals surface area contributed by atoms with E-state index >= 15 is 0 Å². The lowest BCUT2D eigenvalue weighted by atomic mass is 10.1. The number of amides is 1. The molecule has 0 fully saturated rings. The minimum Gasteiger partial charge on any atom is -0.480 e. The molecule has 2 aromatic carbocycles. The fourth-order valence-electron chi connectivity index (χ4n) is 2.02. The average Bonchev–Trinajstić information content (AvgIpc) is 2.60. The highest BCUT2D eigenvalue weighted by Crippen LogP contribution is 2.31. The van der Waals surface area contributed by atoms with Crippen LogP contribution in [-0.4, -0.2) is 29.8 Å². The number of rotatable bonds is 6. The minimum absolute atomic E-state index is 0.194. The van der Waals surface area contributed by atoms with Crippen molar-refractivity contribution in [2.24, 2.45) is 5.10 Å². The molecular formula is C17H11BrF3IN2O4. The third-order valence-corrected chi connectivity index (χ3v) is 4.41. The second-order valence-electron chi connectivity index (χ2n) is 5.27. The van der Waals surface area contributed by atoms with Crippen LogP contribution in [0.25, 0.3) is 0 Å². The van der Waals surface area contributed by atoms with Gasteiger partial charge in [-0.25, -0.2) is 10.2 Å². The maximum atomic E-state index is 12.7. The van der Waals surface area contributed by atoms with Crippen molar-refractivity contribution in [2.45, 2.75) is 6.18 Å². The minimum atomic E-state index is -4.57. The fourth-order valence-corrected chi connectivity index (χ4v) is 3.69. The van der Waals surface area contributed by atoms with Gasteiger partial charge in [-0.15, -0.1) is 0 Å². The van der Waals surface area contributed by atoms with Gasteiger partial charge >= 0.3 is 12.1 Å². The molecule has 28 heavy (non-hydrogen) atoms. The SMILES string of the molecule is O=C(O)COc1c(Br)cc(I)cc1/C=N\NC(=O)c1cccc(C(F)(F)F)c1. The van der Waals surface area contributed by atoms with Gasteiger partial charge in [-0.3, -0.25) is 4.79 Å². The number of aliphatic carboxylic acids is 1. The van der Waals surface area contributed by atoms with Gasteiger partial charge in [-0.2, -0.15) is 18.3 Å². The molecule has 2 N–H and O–H groups in total. The zero-order chi connectivity index (χ0) is 20.9. The molecule has 0 unspecified atom stereocenters. The molecule has 11 heteroatoms. The van der Waals surface area contributed by atoms with Gasteiger partial charge in [0.05, 0.1) is 16.3 Å². The molecule has 0 saturated carbocycles. The normalized spacial score (nSPS) is 11.5. The van der Waals surface area contributed by atoms with Crippen LogP contribution in [0.2, 0.25) is 0 Å². The first-order valence-electron chi connectivity index (χ1n) is 7.42. The van der Waals surface area contributed by atoms with Gasteiger partial charge in [-0.05, 0) is 68.9 Å². The lowest BCUT2D eigenvalue weighted by Crippen LogP contribution is -2.18. The molecule has 2 aromatic rings. The van der Waals surface area contributed by atoms with Gasteiger partial charge in [-0.1, -0.05) is 6.07 Å². The van der Waals surface area contributed by atoms with E-state index in [0.29, 0.717) is 16.1 Å². The highest BCUT2D eigenvalue weighted by molar-refractivity contribution is 14.1. The van der Waals surface area contributed by atoms with Crippen molar-refractivity contribution < 1.29 is 32.6 Å². The number of carbonyl (C=O) groups excluding carboxylic acids is 1. The van der Waals surface area contributed by atoms with Crippen molar-refractivity contribution in [2.75, 3.05) is 6.61 Å². The summed E-state index contributed by atoms with van der Waals surface area (Å²) in [6.07, 6.45) is -3.36. The van der Waals surface area contributed by atoms with Gasteiger partial charge in [0.1, 0.15) is 5.75 Å². The number of ether oxygens (including phenoxy) is 1. The van der Waals surface area contributed by atoms with E-state index in [9.17, 15) is 22.8 Å². The number of benzene rings is 2. The van der Waals surface area contributed by atoms with Crippen LogP contribution in [0, 0.1) is 3.57 Å². The zero-order valence-electron chi connectivity index (χ0n) is 13.8. The number of hydrogen-bond donors (Lipinski definition) is 2. The van der Waals surface area contributed by atoms with E-state index in [1.165, 1.54) is 12.3 Å². The van der Waals surface area contributed by atoms with Gasteiger partial charge < -0.3 is 9.84 Å². The molecule has 0 bridgehead atoms. The summed E-state index contributed by atoms with van der Waals surface area (Å²) in [6, 6.07) is 7.24. The van der Waals surface area contributed by atoms with Crippen LogP contribution in [0.15, 0.2) is 46.0 Å². The summed E-state index contributed by atoms with van der Waals surface area (Å²) in [6.45, 7) is -0.587. The Balaban J connectivity index is 2.18. The number of alkyl halides is 3. The number of nitrogens with one attached hydrogen (secondary N) is 1. The van der Waals surface area contributed by atoms with Crippen LogP contribution >= 0.6 is 38.5 Å². The molecule has 148 valence electrons. The number of hydrazone groups is 1. The van der Waals surface area contributed by atoms with Crippen molar-refractivity contribution in [1.29, 1.82) is 0 Å². The van der Waals surface area contributed by atoms with E-state index in [-0.39, 0.29) is 11.3 Å². The highest BCUT2D eigenvalue weighted by atomic mass is 127. The Morgan fingerprint density at radius 3 is 2.64 bits per heavy atom. The van der Waals surface area contributed by atoms with Crippen LogP contribution in [-0.2, 0) is 11.0 Å². The second kappa shape index (κ2) is 9.37. The number of halogens is 5. The molecule has 6 nitrogen and oxygen atoms in total. The highest BCUT2D eigenvalue weighted by Gasteiger charge is 2.30. The molecular weight excluding hydrogens is 560 g/mol. The van der Waals surface area contributed by atoms with Crippen molar-refractivity contribution in [3.63, 3.8) is 0 Å². The molecule has 0 aromatic heterocycles. The van der Waals surface area contributed by atoms with E-state index in [1.807, 2.05) is 22.6 Å². The largest absolute Gasteiger partial charge is 0.480 e. The summed E-state index contributed by atoms with van der Waals surface area (Å²) in [5.41, 5.74) is 1.34. The van der Waals surface area contributed by atoms with Crippen LogP contribution in [0.5, 0.6) is 5.75 Å². The summed E-state index contributed by atoms with van der Waals surface area (Å²) in [5.74, 6) is -1.81. The first-order valence-corrected chi connectivity index (χ1v) is 9.29. The van der Waals surface area contributed by atoms with E-state index in [0.717, 1.165) is 15.7 Å². The van der Waals surface area contributed by atoms with Gasteiger partial charge in [0.25, 0.3) is 5.91 Å². The van der Waals surface area contributed by atoms with Crippen molar-refractivity contribution in [3.05, 3.63) is 61.1 Å². The molecule has 1 amide bonds. The van der Waals surface area contributed by atoms with E-state index < -0.39 is 30.2 Å². The maximum Gasteiger partial charge on any atom is 0.416 e. The molecule has 0 atom stereocenters. The second-order valence-corrected chi connectivity index (χ2v) is 7.37. The van der Waals surface area contributed by atoms with Crippen LogP contribution in [0.4, 0.5) is 13.2 Å². The summed E-state index contributed by atoms with van der Waals surface area (Å²) in [7, 11) is 0. The first-order chi connectivity index (χ1) is 13.1. The maximum absolute atomic E-state index is 12.7. The Morgan fingerprint density at radius 2 is 2.00 bits per heavy atom. The molecule has 0 aliphatic rings. The van der Waals surface area contributed by atoms with Gasteiger partial charge in [0.2, 0.25) is 0 Å². The first kappa shape index (κ1) is 22.1. The molecule has 0 aliphatic carbocycles. The molecule has 0 radical (unpaired) electrons. The quantitative estimate of drug-likeness (QED) is 0.308. The van der Waals surface area contributed by atoms with Crippen LogP contribution in [0.1, 0.15) is 21.5 Å². The predicted octanol–water partition coefficient (Wildman–Crippen LogP) is 4.30. The summed E-state index contributed by atoms with van der Waals surface area (Å²) in [4.78, 5) is 22.7.